The van der Waals surface area contributed by atoms with Crippen molar-refractivity contribution in [2.24, 2.45) is 0 Å². The molecule has 1 fully saturated rings. The molecule has 2 unspecified atom stereocenters. The Morgan fingerprint density at radius 2 is 1.74 bits per heavy atom. The maximum atomic E-state index is 11.4. The summed E-state index contributed by atoms with van der Waals surface area (Å²) in [6, 6.07) is 12.8. The first-order chi connectivity index (χ1) is 13.1. The average Bonchev–Trinajstić information content (AvgIpc) is 2.64. The highest BCUT2D eigenvalue weighted by Gasteiger charge is 2.33. The number of aliphatic hydroxyl groups excluding tert-OH is 1. The van der Waals surface area contributed by atoms with Crippen molar-refractivity contribution in [3.05, 3.63) is 82.2 Å². The van der Waals surface area contributed by atoms with Gasteiger partial charge in [0.1, 0.15) is 6.10 Å². The maximum Gasteiger partial charge on any atom is 0.101 e. The standard InChI is InChI=1S/C21H19Cl2N3O/c22-16-10-15(11-17(23)12-16)19-18(5-2-7-25-19)21(27)20(26-8-3-9-26)14-4-1-6-24-13-14/h1-2,4-7,10-13,20-21,27H,3,8-9H2. The van der Waals surface area contributed by atoms with Gasteiger partial charge >= 0.3 is 0 Å². The Kier molecular flexibility index (Phi) is 5.41. The number of rotatable bonds is 5. The molecule has 0 bridgehead atoms. The van der Waals surface area contributed by atoms with Gasteiger partial charge in [-0.25, -0.2) is 0 Å². The highest BCUT2D eigenvalue weighted by Crippen LogP contribution is 2.40. The molecule has 1 saturated heterocycles. The van der Waals surface area contributed by atoms with Crippen LogP contribution in [0.25, 0.3) is 11.3 Å². The van der Waals surface area contributed by atoms with Gasteiger partial charge in [0.15, 0.2) is 0 Å². The Morgan fingerprint density at radius 1 is 1.00 bits per heavy atom. The molecule has 0 radical (unpaired) electrons. The third kappa shape index (κ3) is 3.85. The van der Waals surface area contributed by atoms with E-state index in [4.69, 9.17) is 23.2 Å². The van der Waals surface area contributed by atoms with Crippen LogP contribution in [0.5, 0.6) is 0 Å². The fourth-order valence-electron chi connectivity index (χ4n) is 3.52. The van der Waals surface area contributed by atoms with Gasteiger partial charge in [-0.05, 0) is 42.3 Å². The van der Waals surface area contributed by atoms with Crippen molar-refractivity contribution in [1.29, 1.82) is 0 Å². The zero-order chi connectivity index (χ0) is 18.8. The summed E-state index contributed by atoms with van der Waals surface area (Å²) in [5, 5.41) is 12.4. The summed E-state index contributed by atoms with van der Waals surface area (Å²) < 4.78 is 0. The lowest BCUT2D eigenvalue weighted by Gasteiger charge is -2.41. The predicted molar refractivity (Wildman–Crippen MR) is 108 cm³/mol. The van der Waals surface area contributed by atoms with E-state index < -0.39 is 6.10 Å². The van der Waals surface area contributed by atoms with Crippen LogP contribution in [0, 0.1) is 0 Å². The Morgan fingerprint density at radius 3 is 2.37 bits per heavy atom. The third-order valence-corrected chi connectivity index (χ3v) is 5.34. The van der Waals surface area contributed by atoms with E-state index >= 15 is 0 Å². The van der Waals surface area contributed by atoms with Crippen LogP contribution < -0.4 is 0 Å². The molecule has 0 saturated carbocycles. The first kappa shape index (κ1) is 18.4. The zero-order valence-corrected chi connectivity index (χ0v) is 16.1. The van der Waals surface area contributed by atoms with Crippen LogP contribution in [0.15, 0.2) is 61.1 Å². The minimum Gasteiger partial charge on any atom is -0.386 e. The number of halogens is 2. The van der Waals surface area contributed by atoms with Crippen molar-refractivity contribution in [1.82, 2.24) is 14.9 Å². The molecule has 1 N–H and O–H groups in total. The molecular weight excluding hydrogens is 381 g/mol. The molecule has 0 spiro atoms. The molecule has 1 aliphatic rings. The number of aromatic nitrogens is 2. The summed E-state index contributed by atoms with van der Waals surface area (Å²) in [5.41, 5.74) is 3.21. The lowest BCUT2D eigenvalue weighted by Crippen LogP contribution is -2.42. The second kappa shape index (κ2) is 7.95. The number of benzene rings is 1. The summed E-state index contributed by atoms with van der Waals surface area (Å²) in [4.78, 5) is 11.0. The molecule has 2 aromatic heterocycles. The normalized spacial score (nSPS) is 16.6. The molecule has 4 rings (SSSR count). The quantitative estimate of drug-likeness (QED) is 0.660. The lowest BCUT2D eigenvalue weighted by atomic mass is 9.91. The van der Waals surface area contributed by atoms with Crippen molar-refractivity contribution in [2.75, 3.05) is 13.1 Å². The lowest BCUT2D eigenvalue weighted by molar-refractivity contribution is 0.0129. The molecule has 6 heteroatoms. The molecule has 0 amide bonds. The summed E-state index contributed by atoms with van der Waals surface area (Å²) in [7, 11) is 0. The fourth-order valence-corrected chi connectivity index (χ4v) is 4.05. The Labute approximate surface area is 168 Å². The molecule has 3 aromatic rings. The number of hydrogen-bond donors (Lipinski definition) is 1. The smallest absolute Gasteiger partial charge is 0.101 e. The van der Waals surface area contributed by atoms with E-state index in [2.05, 4.69) is 14.9 Å². The summed E-state index contributed by atoms with van der Waals surface area (Å²) in [6.07, 6.45) is 5.65. The van der Waals surface area contributed by atoms with E-state index in [1.54, 1.807) is 18.5 Å². The van der Waals surface area contributed by atoms with Crippen LogP contribution in [-0.2, 0) is 0 Å². The number of pyridine rings is 2. The van der Waals surface area contributed by atoms with E-state index in [0.29, 0.717) is 15.7 Å². The molecular formula is C21H19Cl2N3O. The molecule has 138 valence electrons. The summed E-state index contributed by atoms with van der Waals surface area (Å²) in [6.45, 7) is 1.91. The molecule has 2 atom stereocenters. The van der Waals surface area contributed by atoms with Gasteiger partial charge in [0.2, 0.25) is 0 Å². The van der Waals surface area contributed by atoms with Gasteiger partial charge in [-0.3, -0.25) is 14.9 Å². The van der Waals surface area contributed by atoms with E-state index in [0.717, 1.165) is 36.2 Å². The second-order valence-electron chi connectivity index (χ2n) is 6.66. The maximum absolute atomic E-state index is 11.4. The topological polar surface area (TPSA) is 49.3 Å². The average molecular weight is 400 g/mol. The number of nitrogens with zero attached hydrogens (tertiary/aromatic N) is 3. The number of hydrogen-bond acceptors (Lipinski definition) is 4. The molecule has 27 heavy (non-hydrogen) atoms. The molecule has 1 aliphatic heterocycles. The van der Waals surface area contributed by atoms with Gasteiger partial charge < -0.3 is 5.11 Å². The first-order valence-corrected chi connectivity index (χ1v) is 9.62. The largest absolute Gasteiger partial charge is 0.386 e. The first-order valence-electron chi connectivity index (χ1n) is 8.87. The molecule has 0 aliphatic carbocycles. The van der Waals surface area contributed by atoms with Crippen molar-refractivity contribution < 1.29 is 5.11 Å². The second-order valence-corrected chi connectivity index (χ2v) is 7.54. The van der Waals surface area contributed by atoms with E-state index in [-0.39, 0.29) is 6.04 Å². The van der Waals surface area contributed by atoms with Crippen molar-refractivity contribution in [3.8, 4) is 11.3 Å². The van der Waals surface area contributed by atoms with E-state index in [1.807, 2.05) is 42.6 Å². The Bertz CT molecular complexity index is 911. The van der Waals surface area contributed by atoms with Gasteiger partial charge in [0.25, 0.3) is 0 Å². The monoisotopic (exact) mass is 399 g/mol. The van der Waals surface area contributed by atoms with Gasteiger partial charge in [0.05, 0.1) is 11.7 Å². The fraction of sp³-hybridized carbons (Fsp3) is 0.238. The summed E-state index contributed by atoms with van der Waals surface area (Å²) in [5.74, 6) is 0. The molecule has 3 heterocycles. The van der Waals surface area contributed by atoms with Crippen LogP contribution >= 0.6 is 23.2 Å². The highest BCUT2D eigenvalue weighted by atomic mass is 35.5. The van der Waals surface area contributed by atoms with Crippen molar-refractivity contribution in [2.45, 2.75) is 18.6 Å². The molecule has 4 nitrogen and oxygen atoms in total. The Balaban J connectivity index is 1.78. The van der Waals surface area contributed by atoms with Crippen LogP contribution in [0.3, 0.4) is 0 Å². The minimum atomic E-state index is -0.754. The van der Waals surface area contributed by atoms with Gasteiger partial charge in [0, 0.05) is 52.9 Å². The van der Waals surface area contributed by atoms with Crippen LogP contribution in [0.4, 0.5) is 0 Å². The number of aliphatic hydroxyl groups is 1. The van der Waals surface area contributed by atoms with Gasteiger partial charge in [-0.1, -0.05) is 35.3 Å². The Hall–Kier alpha value is -1.98. The van der Waals surface area contributed by atoms with Crippen molar-refractivity contribution >= 4 is 23.2 Å². The van der Waals surface area contributed by atoms with Gasteiger partial charge in [-0.15, -0.1) is 0 Å². The molecule has 1 aromatic carbocycles. The SMILES string of the molecule is OC(c1cccnc1-c1cc(Cl)cc(Cl)c1)C(c1cccnc1)N1CCC1. The van der Waals surface area contributed by atoms with E-state index in [1.165, 1.54) is 0 Å². The van der Waals surface area contributed by atoms with Crippen LogP contribution in [0.1, 0.15) is 29.7 Å². The third-order valence-electron chi connectivity index (χ3n) is 4.90. The van der Waals surface area contributed by atoms with Crippen LogP contribution in [0.2, 0.25) is 10.0 Å². The highest BCUT2D eigenvalue weighted by molar-refractivity contribution is 6.35. The van der Waals surface area contributed by atoms with Crippen molar-refractivity contribution in [3.63, 3.8) is 0 Å². The van der Waals surface area contributed by atoms with Gasteiger partial charge in [-0.2, -0.15) is 0 Å². The zero-order valence-electron chi connectivity index (χ0n) is 14.6. The van der Waals surface area contributed by atoms with Crippen LogP contribution in [-0.4, -0.2) is 33.1 Å². The van der Waals surface area contributed by atoms with E-state index in [9.17, 15) is 5.11 Å². The number of likely N-dealkylation sites (tertiary alicyclic amines) is 1. The summed E-state index contributed by atoms with van der Waals surface area (Å²) >= 11 is 12.4. The predicted octanol–water partition coefficient (Wildman–Crippen LogP) is 4.93. The minimum absolute atomic E-state index is 0.176.